The number of ether oxygens (including phenoxy) is 1. The molecule has 3 heteroatoms. The van der Waals surface area contributed by atoms with E-state index in [1.54, 1.807) is 5.56 Å². The molecule has 150 valence electrons. The smallest absolute Gasteiger partial charge is 0.119 e. The van der Waals surface area contributed by atoms with E-state index < -0.39 is 0 Å². The van der Waals surface area contributed by atoms with Crippen molar-refractivity contribution in [2.24, 2.45) is 11.8 Å². The molecule has 0 amide bonds. The van der Waals surface area contributed by atoms with Crippen LogP contribution >= 0.6 is 0 Å². The third kappa shape index (κ3) is 5.48. The van der Waals surface area contributed by atoms with Crippen LogP contribution in [-0.2, 0) is 12.8 Å². The van der Waals surface area contributed by atoms with Crippen LogP contribution in [0, 0.1) is 11.8 Å². The Morgan fingerprint density at radius 3 is 2.59 bits per heavy atom. The summed E-state index contributed by atoms with van der Waals surface area (Å²) in [5.41, 5.74) is 3.11. The molecule has 2 aliphatic heterocycles. The predicted octanol–water partition coefficient (Wildman–Crippen LogP) is 4.39. The van der Waals surface area contributed by atoms with Gasteiger partial charge in [-0.25, -0.2) is 0 Å². The maximum atomic E-state index is 6.08. The molecule has 1 aromatic rings. The number of benzene rings is 1. The summed E-state index contributed by atoms with van der Waals surface area (Å²) in [6, 6.07) is 6.87. The lowest BCUT2D eigenvalue weighted by atomic mass is 9.83. The number of nitrogens with zero attached hydrogens (tertiary/aromatic N) is 2. The molecule has 0 N–H and O–H groups in total. The summed E-state index contributed by atoms with van der Waals surface area (Å²) in [5, 5.41) is 0. The zero-order valence-electron chi connectivity index (χ0n) is 17.3. The average molecular weight is 371 g/mol. The highest BCUT2D eigenvalue weighted by molar-refractivity contribution is 5.37. The lowest BCUT2D eigenvalue weighted by Gasteiger charge is -2.30. The van der Waals surface area contributed by atoms with Gasteiger partial charge in [0.15, 0.2) is 0 Å². The van der Waals surface area contributed by atoms with Crippen LogP contribution in [0.15, 0.2) is 18.2 Å². The summed E-state index contributed by atoms with van der Waals surface area (Å²) in [4.78, 5) is 5.28. The van der Waals surface area contributed by atoms with Crippen molar-refractivity contribution in [1.29, 1.82) is 0 Å². The number of likely N-dealkylation sites (tertiary alicyclic amines) is 2. The molecule has 2 heterocycles. The Bertz CT molecular complexity index is 588. The fraction of sp³-hybridized carbons (Fsp3) is 0.750. The van der Waals surface area contributed by atoms with Crippen molar-refractivity contribution < 1.29 is 4.74 Å². The first kappa shape index (κ1) is 19.3. The molecule has 0 saturated carbocycles. The molecule has 0 spiro atoms. The van der Waals surface area contributed by atoms with E-state index in [4.69, 9.17) is 4.74 Å². The van der Waals surface area contributed by atoms with Gasteiger partial charge in [-0.15, -0.1) is 0 Å². The first-order valence-electron chi connectivity index (χ1n) is 11.5. The van der Waals surface area contributed by atoms with E-state index >= 15 is 0 Å². The van der Waals surface area contributed by atoms with Gasteiger partial charge in [0.25, 0.3) is 0 Å². The van der Waals surface area contributed by atoms with E-state index in [0.29, 0.717) is 0 Å². The van der Waals surface area contributed by atoms with Crippen molar-refractivity contribution in [2.75, 3.05) is 45.9 Å². The summed E-state index contributed by atoms with van der Waals surface area (Å²) < 4.78 is 6.08. The molecule has 27 heavy (non-hydrogen) atoms. The zero-order valence-corrected chi connectivity index (χ0v) is 17.3. The average Bonchev–Trinajstić information content (AvgIpc) is 3.20. The van der Waals surface area contributed by atoms with Crippen LogP contribution in [0.3, 0.4) is 0 Å². The third-order valence-corrected chi connectivity index (χ3v) is 6.99. The van der Waals surface area contributed by atoms with Crippen molar-refractivity contribution in [1.82, 2.24) is 9.80 Å². The Kier molecular flexibility index (Phi) is 6.73. The Balaban J connectivity index is 1.19. The lowest BCUT2D eigenvalue weighted by Crippen LogP contribution is -2.34. The van der Waals surface area contributed by atoms with Gasteiger partial charge in [-0.2, -0.15) is 0 Å². The van der Waals surface area contributed by atoms with Gasteiger partial charge in [-0.05, 0) is 113 Å². The number of fused-ring (bicyclic) bond motifs is 1. The van der Waals surface area contributed by atoms with Gasteiger partial charge in [0.2, 0.25) is 0 Å². The highest BCUT2D eigenvalue weighted by Gasteiger charge is 2.23. The molecule has 4 rings (SSSR count). The summed E-state index contributed by atoms with van der Waals surface area (Å²) in [6.07, 6.45) is 10.5. The summed E-state index contributed by atoms with van der Waals surface area (Å²) >= 11 is 0. The SMILES string of the molecule is CC1CCN(CCCOc2ccc3c(c2)CCC(CN2CCCC2)C3)CC1. The van der Waals surface area contributed by atoms with Crippen molar-refractivity contribution in [3.63, 3.8) is 0 Å². The largest absolute Gasteiger partial charge is 0.494 e. The van der Waals surface area contributed by atoms with Gasteiger partial charge in [0.1, 0.15) is 5.75 Å². The van der Waals surface area contributed by atoms with E-state index in [-0.39, 0.29) is 0 Å². The van der Waals surface area contributed by atoms with Crippen LogP contribution in [0.4, 0.5) is 0 Å². The van der Waals surface area contributed by atoms with E-state index in [0.717, 1.165) is 30.6 Å². The first-order chi connectivity index (χ1) is 13.3. The number of aryl methyl sites for hydroxylation is 1. The van der Waals surface area contributed by atoms with Gasteiger partial charge in [0, 0.05) is 13.1 Å². The highest BCUT2D eigenvalue weighted by atomic mass is 16.5. The van der Waals surface area contributed by atoms with Crippen molar-refractivity contribution in [3.05, 3.63) is 29.3 Å². The molecule has 2 fully saturated rings. The quantitative estimate of drug-likeness (QED) is 0.662. The van der Waals surface area contributed by atoms with Gasteiger partial charge in [-0.1, -0.05) is 13.0 Å². The second kappa shape index (κ2) is 9.43. The normalized spacial score (nSPS) is 24.9. The van der Waals surface area contributed by atoms with Gasteiger partial charge >= 0.3 is 0 Å². The summed E-state index contributed by atoms with van der Waals surface area (Å²) in [7, 11) is 0. The minimum Gasteiger partial charge on any atom is -0.494 e. The molecule has 0 radical (unpaired) electrons. The molecule has 1 aliphatic carbocycles. The molecule has 0 bridgehead atoms. The standard InChI is InChI=1S/C24H38N2O/c1-20-9-14-25(15-10-20)13-4-16-27-24-8-7-22-17-21(5-6-23(22)18-24)19-26-11-2-3-12-26/h7-8,18,20-21H,2-6,9-17,19H2,1H3. The summed E-state index contributed by atoms with van der Waals surface area (Å²) in [5.74, 6) is 2.86. The monoisotopic (exact) mass is 370 g/mol. The van der Waals surface area contributed by atoms with Crippen molar-refractivity contribution in [2.45, 2.75) is 58.3 Å². The Hall–Kier alpha value is -1.06. The molecular weight excluding hydrogens is 332 g/mol. The summed E-state index contributed by atoms with van der Waals surface area (Å²) in [6.45, 7) is 10.9. The number of rotatable bonds is 7. The van der Waals surface area contributed by atoms with Crippen LogP contribution in [-0.4, -0.2) is 55.7 Å². The minimum absolute atomic E-state index is 0.850. The van der Waals surface area contributed by atoms with Crippen LogP contribution in [0.5, 0.6) is 5.75 Å². The molecular formula is C24H38N2O. The maximum Gasteiger partial charge on any atom is 0.119 e. The van der Waals surface area contributed by atoms with Crippen LogP contribution in [0.25, 0.3) is 0 Å². The Labute approximate surface area is 166 Å². The third-order valence-electron chi connectivity index (χ3n) is 6.99. The van der Waals surface area contributed by atoms with Crippen LogP contribution < -0.4 is 4.74 Å². The van der Waals surface area contributed by atoms with E-state index in [2.05, 4.69) is 34.9 Å². The van der Waals surface area contributed by atoms with E-state index in [9.17, 15) is 0 Å². The van der Waals surface area contributed by atoms with Crippen LogP contribution in [0.1, 0.15) is 56.6 Å². The Morgan fingerprint density at radius 2 is 1.78 bits per heavy atom. The molecule has 3 aliphatic rings. The van der Waals surface area contributed by atoms with Gasteiger partial charge in [-0.3, -0.25) is 0 Å². The number of hydrogen-bond donors (Lipinski definition) is 0. The molecule has 1 aromatic carbocycles. The van der Waals surface area contributed by atoms with E-state index in [1.165, 1.54) is 89.8 Å². The molecule has 0 aromatic heterocycles. The Morgan fingerprint density at radius 1 is 0.963 bits per heavy atom. The van der Waals surface area contributed by atoms with Crippen molar-refractivity contribution in [3.8, 4) is 5.75 Å². The molecule has 1 atom stereocenters. The molecule has 1 unspecified atom stereocenters. The lowest BCUT2D eigenvalue weighted by molar-refractivity contribution is 0.177. The minimum atomic E-state index is 0.850. The second-order valence-electron chi connectivity index (χ2n) is 9.27. The topological polar surface area (TPSA) is 15.7 Å². The second-order valence-corrected chi connectivity index (χ2v) is 9.27. The maximum absolute atomic E-state index is 6.08. The number of piperidine rings is 1. The van der Waals surface area contributed by atoms with Crippen molar-refractivity contribution >= 4 is 0 Å². The van der Waals surface area contributed by atoms with Crippen LogP contribution in [0.2, 0.25) is 0 Å². The fourth-order valence-corrected chi connectivity index (χ4v) is 5.15. The predicted molar refractivity (Wildman–Crippen MR) is 113 cm³/mol. The molecule has 2 saturated heterocycles. The number of hydrogen-bond acceptors (Lipinski definition) is 3. The molecule has 3 nitrogen and oxygen atoms in total. The highest BCUT2D eigenvalue weighted by Crippen LogP contribution is 2.30. The first-order valence-corrected chi connectivity index (χ1v) is 11.5. The fourth-order valence-electron chi connectivity index (χ4n) is 5.15. The van der Waals surface area contributed by atoms with Gasteiger partial charge < -0.3 is 14.5 Å². The zero-order chi connectivity index (χ0) is 18.5. The van der Waals surface area contributed by atoms with Gasteiger partial charge in [0.05, 0.1) is 6.61 Å². The van der Waals surface area contributed by atoms with E-state index in [1.807, 2.05) is 0 Å².